The number of hydrogen-bond donors (Lipinski definition) is 2. The number of carbonyl (C=O) groups excluding carboxylic acids is 1. The summed E-state index contributed by atoms with van der Waals surface area (Å²) in [5.74, 6) is 0.675. The van der Waals surface area contributed by atoms with Gasteiger partial charge in [0.05, 0.1) is 29.9 Å². The van der Waals surface area contributed by atoms with Crippen molar-refractivity contribution in [1.82, 2.24) is 25.1 Å². The van der Waals surface area contributed by atoms with E-state index in [9.17, 15) is 4.79 Å². The highest BCUT2D eigenvalue weighted by molar-refractivity contribution is 6.35. The molecule has 0 saturated carbocycles. The number of amides is 1. The largest absolute Gasteiger partial charge is 0.382 e. The molecule has 4 unspecified atom stereocenters. The maximum Gasteiger partial charge on any atom is 0.272 e. The highest BCUT2D eigenvalue weighted by Gasteiger charge is 2.33. The van der Waals surface area contributed by atoms with Crippen LogP contribution in [0, 0.1) is 0 Å². The van der Waals surface area contributed by atoms with E-state index in [1.165, 1.54) is 0 Å². The predicted octanol–water partition coefficient (Wildman–Crippen LogP) is 2.35. The number of nitrogens with zero attached hydrogens (tertiary/aromatic N) is 5. The van der Waals surface area contributed by atoms with Crippen LogP contribution < -0.4 is 16.0 Å². The van der Waals surface area contributed by atoms with Crippen LogP contribution in [0.3, 0.4) is 0 Å². The van der Waals surface area contributed by atoms with Gasteiger partial charge in [-0.25, -0.2) is 4.98 Å². The van der Waals surface area contributed by atoms with Crippen LogP contribution in [-0.2, 0) is 28.9 Å². The second-order valence-corrected chi connectivity index (χ2v) is 10.3. The third kappa shape index (κ3) is 5.43. The zero-order chi connectivity index (χ0) is 26.1. The molecule has 1 saturated heterocycles. The minimum Gasteiger partial charge on any atom is -0.382 e. The van der Waals surface area contributed by atoms with E-state index in [0.717, 1.165) is 48.3 Å². The van der Waals surface area contributed by atoms with E-state index < -0.39 is 0 Å². The van der Waals surface area contributed by atoms with E-state index in [4.69, 9.17) is 31.8 Å². The summed E-state index contributed by atoms with van der Waals surface area (Å²) in [5.41, 5.74) is 9.52. The lowest BCUT2D eigenvalue weighted by molar-refractivity contribution is -0.0348. The molecule has 0 spiro atoms. The van der Waals surface area contributed by atoms with Crippen molar-refractivity contribution in [2.45, 2.75) is 63.9 Å². The summed E-state index contributed by atoms with van der Waals surface area (Å²) < 4.78 is 13.2. The van der Waals surface area contributed by atoms with E-state index in [1.807, 2.05) is 30.7 Å². The molecule has 1 aliphatic heterocycles. The number of methoxy groups -OCH3 is 1. The Bertz CT molecular complexity index is 1280. The summed E-state index contributed by atoms with van der Waals surface area (Å²) in [6.07, 6.45) is 4.06. The van der Waals surface area contributed by atoms with Gasteiger partial charge < -0.3 is 30.0 Å². The normalized spacial score (nSPS) is 22.3. The van der Waals surface area contributed by atoms with Gasteiger partial charge in [0, 0.05) is 50.1 Å². The number of nitrogens with two attached hydrogens (primary N) is 1. The number of ether oxygens (including phenoxy) is 2. The third-order valence-electron chi connectivity index (χ3n) is 7.17. The molecule has 11 heteroatoms. The van der Waals surface area contributed by atoms with Crippen molar-refractivity contribution in [1.29, 1.82) is 0 Å². The van der Waals surface area contributed by atoms with E-state index in [1.54, 1.807) is 13.2 Å². The molecule has 0 aromatic carbocycles. The molecular formula is C26H34ClN7O3. The van der Waals surface area contributed by atoms with Gasteiger partial charge in [-0.05, 0) is 50.8 Å². The second-order valence-electron chi connectivity index (χ2n) is 9.93. The van der Waals surface area contributed by atoms with Gasteiger partial charge in [-0.3, -0.25) is 4.79 Å². The van der Waals surface area contributed by atoms with Crippen LogP contribution in [0.1, 0.15) is 42.0 Å². The first-order chi connectivity index (χ1) is 17.9. The maximum absolute atomic E-state index is 12.9. The van der Waals surface area contributed by atoms with Crippen LogP contribution >= 0.6 is 11.6 Å². The van der Waals surface area contributed by atoms with Crippen molar-refractivity contribution < 1.29 is 14.3 Å². The first-order valence-electron chi connectivity index (χ1n) is 12.8. The predicted molar refractivity (Wildman–Crippen MR) is 142 cm³/mol. The van der Waals surface area contributed by atoms with E-state index in [2.05, 4.69) is 26.5 Å². The summed E-state index contributed by atoms with van der Waals surface area (Å²) in [6, 6.07) is 5.79. The molecule has 4 atom stereocenters. The van der Waals surface area contributed by atoms with Crippen molar-refractivity contribution in [3.63, 3.8) is 0 Å². The number of nitrogens with one attached hydrogen (secondary N) is 1. The molecular weight excluding hydrogens is 494 g/mol. The lowest BCUT2D eigenvalue weighted by atomic mass is 9.91. The van der Waals surface area contributed by atoms with Gasteiger partial charge in [-0.1, -0.05) is 17.7 Å². The summed E-state index contributed by atoms with van der Waals surface area (Å²) in [7, 11) is 1.67. The molecule has 198 valence electrons. The zero-order valence-electron chi connectivity index (χ0n) is 21.5. The van der Waals surface area contributed by atoms with Crippen LogP contribution in [0.15, 0.2) is 24.4 Å². The number of pyridine rings is 1. The van der Waals surface area contributed by atoms with Crippen molar-refractivity contribution in [2.75, 3.05) is 31.7 Å². The zero-order valence-corrected chi connectivity index (χ0v) is 22.2. The molecule has 1 fully saturated rings. The fourth-order valence-electron chi connectivity index (χ4n) is 5.25. The number of aromatic nitrogens is 4. The number of carbonyl (C=O) groups is 1. The summed E-state index contributed by atoms with van der Waals surface area (Å²) >= 11 is 6.34. The van der Waals surface area contributed by atoms with Crippen molar-refractivity contribution >= 4 is 34.4 Å². The minimum atomic E-state index is -0.243. The van der Waals surface area contributed by atoms with Crippen molar-refractivity contribution in [3.05, 3.63) is 46.4 Å². The molecule has 2 aliphatic rings. The molecule has 3 aromatic heterocycles. The fraction of sp³-hybridized carbons (Fsp3) is 0.538. The van der Waals surface area contributed by atoms with E-state index >= 15 is 0 Å². The van der Waals surface area contributed by atoms with E-state index in [-0.39, 0.29) is 35.9 Å². The van der Waals surface area contributed by atoms with Crippen molar-refractivity contribution in [3.8, 4) is 0 Å². The summed E-state index contributed by atoms with van der Waals surface area (Å²) in [6.45, 7) is 6.68. The second kappa shape index (κ2) is 10.9. The number of rotatable bonds is 8. The number of aryl methyl sites for hydroxylation is 2. The maximum atomic E-state index is 12.9. The molecule has 1 aliphatic carbocycles. The first kappa shape index (κ1) is 25.8. The number of fused-ring (bicyclic) bond motifs is 2. The molecule has 3 aromatic rings. The molecule has 0 bridgehead atoms. The Morgan fingerprint density at radius 1 is 1.32 bits per heavy atom. The standard InChI is InChI=1S/C26H34ClN7O3/c1-4-33-11-19(27)18-10-22(31-32-25(18)33)26(35)29-17-6-7-21-16(9-17)5-8-24(30-21)34-12-20(28)23(13-34)37-15(2)14-36-3/h5,8,10-11,15,17,20,23H,4,6-7,9,12-14,28H2,1-3H3,(H,29,35). The van der Waals surface area contributed by atoms with Gasteiger partial charge in [0.2, 0.25) is 0 Å². The number of anilines is 1. The van der Waals surface area contributed by atoms with Crippen LogP contribution in [0.25, 0.3) is 11.0 Å². The Morgan fingerprint density at radius 3 is 2.95 bits per heavy atom. The van der Waals surface area contributed by atoms with Gasteiger partial charge in [-0.15, -0.1) is 10.2 Å². The smallest absolute Gasteiger partial charge is 0.272 e. The summed E-state index contributed by atoms with van der Waals surface area (Å²) in [4.78, 5) is 20.1. The average Bonchev–Trinajstić information content (AvgIpc) is 3.42. The van der Waals surface area contributed by atoms with Gasteiger partial charge >= 0.3 is 0 Å². The molecule has 5 rings (SSSR count). The number of hydrogen-bond acceptors (Lipinski definition) is 8. The Morgan fingerprint density at radius 2 is 2.16 bits per heavy atom. The third-order valence-corrected chi connectivity index (χ3v) is 7.47. The minimum absolute atomic E-state index is 0.00104. The highest BCUT2D eigenvalue weighted by atomic mass is 35.5. The van der Waals surface area contributed by atoms with Crippen molar-refractivity contribution in [2.24, 2.45) is 5.73 Å². The Kier molecular flexibility index (Phi) is 7.62. The monoisotopic (exact) mass is 527 g/mol. The van der Waals surface area contributed by atoms with Gasteiger partial charge in [0.15, 0.2) is 11.3 Å². The van der Waals surface area contributed by atoms with Gasteiger partial charge in [-0.2, -0.15) is 0 Å². The van der Waals surface area contributed by atoms with Gasteiger partial charge in [0.1, 0.15) is 5.82 Å². The molecule has 1 amide bonds. The Balaban J connectivity index is 1.22. The van der Waals surface area contributed by atoms with Crippen LogP contribution in [0.2, 0.25) is 5.02 Å². The van der Waals surface area contributed by atoms with Crippen LogP contribution in [-0.4, -0.2) is 76.8 Å². The lowest BCUT2D eigenvalue weighted by Gasteiger charge is -2.26. The SMILES string of the molecule is CCn1cc(Cl)c2cc(C(=O)NC3CCc4nc(N5CC(N)C(OC(C)COC)C5)ccc4C3)nnc21. The molecule has 3 N–H and O–H groups in total. The molecule has 0 radical (unpaired) electrons. The first-order valence-corrected chi connectivity index (χ1v) is 13.2. The lowest BCUT2D eigenvalue weighted by Crippen LogP contribution is -2.39. The Labute approximate surface area is 221 Å². The molecule has 37 heavy (non-hydrogen) atoms. The fourth-order valence-corrected chi connectivity index (χ4v) is 5.51. The number of halogens is 1. The van der Waals surface area contributed by atoms with Gasteiger partial charge in [0.25, 0.3) is 5.91 Å². The molecule has 10 nitrogen and oxygen atoms in total. The molecule has 4 heterocycles. The quantitative estimate of drug-likeness (QED) is 0.458. The van der Waals surface area contributed by atoms with Crippen LogP contribution in [0.5, 0.6) is 0 Å². The summed E-state index contributed by atoms with van der Waals surface area (Å²) in [5, 5.41) is 12.8. The Hall–Kier alpha value is -2.79. The van der Waals surface area contributed by atoms with Crippen LogP contribution in [0.4, 0.5) is 5.82 Å². The topological polar surface area (TPSA) is 120 Å². The van der Waals surface area contributed by atoms with E-state index in [0.29, 0.717) is 30.4 Å². The average molecular weight is 528 g/mol. The highest BCUT2D eigenvalue weighted by Crippen LogP contribution is 2.27.